The van der Waals surface area contributed by atoms with Crippen molar-refractivity contribution in [2.45, 2.75) is 25.1 Å². The van der Waals surface area contributed by atoms with Crippen LogP contribution in [0, 0.1) is 5.82 Å². The molecular weight excluding hydrogens is 497 g/mol. The van der Waals surface area contributed by atoms with Crippen LogP contribution in [0.25, 0.3) is 16.8 Å². The van der Waals surface area contributed by atoms with Crippen molar-refractivity contribution < 1.29 is 19.1 Å². The largest absolute Gasteiger partial charge is 0.392 e. The molecule has 8 nitrogen and oxygen atoms in total. The van der Waals surface area contributed by atoms with Crippen LogP contribution < -0.4 is 5.73 Å². The van der Waals surface area contributed by atoms with Gasteiger partial charge in [-0.1, -0.05) is 42.5 Å². The second kappa shape index (κ2) is 10.0. The normalized spacial score (nSPS) is 18.9. The summed E-state index contributed by atoms with van der Waals surface area (Å²) >= 11 is 0. The summed E-state index contributed by atoms with van der Waals surface area (Å²) < 4.78 is 17.2. The average molecular weight is 524 g/mol. The van der Waals surface area contributed by atoms with Crippen LogP contribution in [0.4, 0.5) is 4.39 Å². The molecule has 0 spiro atoms. The van der Waals surface area contributed by atoms with Crippen molar-refractivity contribution in [2.75, 3.05) is 13.1 Å². The number of hydrogen-bond donors (Lipinski definition) is 2. The van der Waals surface area contributed by atoms with E-state index in [1.54, 1.807) is 34.9 Å². The first kappa shape index (κ1) is 24.8. The van der Waals surface area contributed by atoms with Crippen LogP contribution >= 0.6 is 0 Å². The minimum absolute atomic E-state index is 0.171. The lowest BCUT2D eigenvalue weighted by molar-refractivity contribution is 0.0951. The monoisotopic (exact) mass is 523 g/mol. The van der Waals surface area contributed by atoms with Gasteiger partial charge < -0.3 is 10.8 Å². The fourth-order valence-electron chi connectivity index (χ4n) is 5.32. The number of likely N-dealkylation sites (tertiary alicyclic amines) is 1. The molecule has 1 unspecified atom stereocenters. The number of hydrogen-bond acceptors (Lipinski definition) is 6. The maximum Gasteiger partial charge on any atom is 0.248 e. The van der Waals surface area contributed by atoms with E-state index in [4.69, 9.17) is 5.73 Å². The van der Waals surface area contributed by atoms with Crippen molar-refractivity contribution in [1.82, 2.24) is 14.5 Å². The highest BCUT2D eigenvalue weighted by Gasteiger charge is 2.33. The van der Waals surface area contributed by atoms with Gasteiger partial charge in [0, 0.05) is 36.4 Å². The smallest absolute Gasteiger partial charge is 0.248 e. The Hall–Kier alpha value is -4.47. The number of carbonyl (C=O) groups is 2. The third-order valence-corrected chi connectivity index (χ3v) is 7.30. The van der Waals surface area contributed by atoms with Gasteiger partial charge in [0.05, 0.1) is 12.3 Å². The van der Waals surface area contributed by atoms with E-state index in [0.29, 0.717) is 35.6 Å². The molecule has 196 valence electrons. The van der Waals surface area contributed by atoms with Crippen LogP contribution in [0.1, 0.15) is 50.1 Å². The summed E-state index contributed by atoms with van der Waals surface area (Å²) in [4.78, 5) is 36.1. The lowest BCUT2D eigenvalue weighted by Gasteiger charge is -2.20. The molecule has 2 aliphatic heterocycles. The molecule has 1 amide bonds. The Labute approximate surface area is 224 Å². The van der Waals surface area contributed by atoms with Gasteiger partial charge in [0.1, 0.15) is 29.6 Å². The molecule has 0 bridgehead atoms. The lowest BCUT2D eigenvalue weighted by Crippen LogP contribution is -2.22. The van der Waals surface area contributed by atoms with Crippen LogP contribution in [0.3, 0.4) is 0 Å². The van der Waals surface area contributed by atoms with Crippen molar-refractivity contribution in [1.29, 1.82) is 0 Å². The van der Waals surface area contributed by atoms with E-state index in [9.17, 15) is 14.7 Å². The van der Waals surface area contributed by atoms with Crippen molar-refractivity contribution in [2.24, 2.45) is 10.7 Å². The van der Waals surface area contributed by atoms with Gasteiger partial charge in [-0.2, -0.15) is 0 Å². The Morgan fingerprint density at radius 3 is 2.72 bits per heavy atom. The van der Waals surface area contributed by atoms with E-state index in [0.717, 1.165) is 24.1 Å². The van der Waals surface area contributed by atoms with Gasteiger partial charge in [-0.15, -0.1) is 0 Å². The molecule has 9 heteroatoms. The summed E-state index contributed by atoms with van der Waals surface area (Å²) in [6, 6.07) is 18.2. The molecule has 6 rings (SSSR count). The second-order valence-electron chi connectivity index (χ2n) is 9.88. The van der Waals surface area contributed by atoms with E-state index in [-0.39, 0.29) is 17.4 Å². The van der Waals surface area contributed by atoms with Gasteiger partial charge in [0.15, 0.2) is 0 Å². The Morgan fingerprint density at radius 2 is 1.95 bits per heavy atom. The molecule has 2 aliphatic rings. The first-order valence-corrected chi connectivity index (χ1v) is 12.7. The fourth-order valence-corrected chi connectivity index (χ4v) is 5.32. The summed E-state index contributed by atoms with van der Waals surface area (Å²) in [5, 5.41) is 9.89. The number of nitrogens with two attached hydrogens (primary N) is 1. The van der Waals surface area contributed by atoms with Gasteiger partial charge in [0.25, 0.3) is 0 Å². The van der Waals surface area contributed by atoms with Crippen molar-refractivity contribution in [3.63, 3.8) is 0 Å². The van der Waals surface area contributed by atoms with Crippen molar-refractivity contribution in [3.8, 4) is 16.8 Å². The number of imidazole rings is 1. The molecule has 1 fully saturated rings. The van der Waals surface area contributed by atoms with Gasteiger partial charge in [-0.25, -0.2) is 9.37 Å². The van der Waals surface area contributed by atoms with Crippen LogP contribution in [0.15, 0.2) is 78.0 Å². The average Bonchev–Trinajstić information content (AvgIpc) is 3.56. The standard InChI is InChI=1S/C30H26FN5O3/c31-25-13-18(23-7-2-1-4-20(23)15-35-11-10-22(37)16-35)8-9-24(25)27-29(38)28-26(14-33-27)34-17-36(28)21-6-3-5-19(12-21)30(32)39/h1-9,12-14,17,22,27,37H,10-11,15-16H2,(H2,32,39)/t22-,27?/m1/s1. The molecule has 0 radical (unpaired) electrons. The number of aliphatic hydroxyl groups is 1. The number of rotatable bonds is 6. The Bertz CT molecular complexity index is 1630. The fraction of sp³-hybridized carbons (Fsp3) is 0.200. The van der Waals surface area contributed by atoms with Gasteiger partial charge in [-0.3, -0.25) is 24.0 Å². The minimum Gasteiger partial charge on any atom is -0.392 e. The number of fused-ring (bicyclic) bond motifs is 1. The number of aliphatic imine (C=N–C) groups is 1. The zero-order chi connectivity index (χ0) is 27.1. The van der Waals surface area contributed by atoms with Crippen molar-refractivity contribution >= 4 is 17.9 Å². The predicted octanol–water partition coefficient (Wildman–Crippen LogP) is 3.70. The van der Waals surface area contributed by atoms with Crippen molar-refractivity contribution in [3.05, 3.63) is 107 Å². The summed E-state index contributed by atoms with van der Waals surface area (Å²) in [5.74, 6) is -1.51. The lowest BCUT2D eigenvalue weighted by atomic mass is 9.93. The highest BCUT2D eigenvalue weighted by atomic mass is 19.1. The van der Waals surface area contributed by atoms with E-state index in [2.05, 4.69) is 14.9 Å². The quantitative estimate of drug-likeness (QED) is 0.400. The third kappa shape index (κ3) is 4.67. The molecule has 3 aromatic carbocycles. The zero-order valence-electron chi connectivity index (χ0n) is 21.0. The number of carbonyl (C=O) groups excluding carboxylic acids is 2. The molecular formula is C30H26FN5O3. The molecule has 3 N–H and O–H groups in total. The molecule has 2 atom stereocenters. The Morgan fingerprint density at radius 1 is 1.10 bits per heavy atom. The van der Waals surface area contributed by atoms with E-state index in [1.165, 1.54) is 18.6 Å². The maximum atomic E-state index is 15.6. The highest BCUT2D eigenvalue weighted by Crippen LogP contribution is 2.33. The topological polar surface area (TPSA) is 114 Å². The number of primary amides is 1. The zero-order valence-corrected chi connectivity index (χ0v) is 21.0. The third-order valence-electron chi connectivity index (χ3n) is 7.30. The number of β-amino-alcohol motifs (C(OH)–C–C–N with tert-alkyl or cyclic N) is 1. The second-order valence-corrected chi connectivity index (χ2v) is 9.88. The number of ketones is 1. The molecule has 3 heterocycles. The van der Waals surface area contributed by atoms with E-state index < -0.39 is 23.5 Å². The number of amides is 1. The Balaban J connectivity index is 1.30. The minimum atomic E-state index is -1.07. The molecule has 39 heavy (non-hydrogen) atoms. The highest BCUT2D eigenvalue weighted by molar-refractivity contribution is 6.09. The molecule has 4 aromatic rings. The summed E-state index contributed by atoms with van der Waals surface area (Å²) in [6.45, 7) is 2.09. The molecule has 1 saturated heterocycles. The van der Waals surface area contributed by atoms with Crippen LogP contribution in [0.5, 0.6) is 0 Å². The number of halogens is 1. The Kier molecular flexibility index (Phi) is 6.38. The van der Waals surface area contributed by atoms with E-state index >= 15 is 4.39 Å². The summed E-state index contributed by atoms with van der Waals surface area (Å²) in [6.07, 6.45) is 3.39. The predicted molar refractivity (Wildman–Crippen MR) is 144 cm³/mol. The van der Waals surface area contributed by atoms with Crippen LogP contribution in [-0.2, 0) is 6.54 Å². The number of aliphatic hydroxyl groups excluding tert-OH is 1. The first-order chi connectivity index (χ1) is 18.9. The summed E-state index contributed by atoms with van der Waals surface area (Å²) in [5.41, 5.74) is 9.71. The SMILES string of the molecule is NC(=O)c1cccc(-n2cnc3c2C(=O)C(c2ccc(-c4ccccc4CN4CC[C@@H](O)C4)cc2F)N=C3)c1. The van der Waals surface area contributed by atoms with Gasteiger partial charge >= 0.3 is 0 Å². The molecule has 1 aromatic heterocycles. The van der Waals surface area contributed by atoms with E-state index in [1.807, 2.05) is 30.3 Å². The maximum absolute atomic E-state index is 15.6. The van der Waals surface area contributed by atoms with Crippen LogP contribution in [0.2, 0.25) is 0 Å². The molecule has 0 saturated carbocycles. The van der Waals surface area contributed by atoms with Crippen LogP contribution in [-0.4, -0.2) is 56.7 Å². The number of aromatic nitrogens is 2. The first-order valence-electron chi connectivity index (χ1n) is 12.7. The van der Waals surface area contributed by atoms with Gasteiger partial charge in [-0.05, 0) is 47.4 Å². The number of nitrogens with zero attached hydrogens (tertiary/aromatic N) is 4. The number of benzene rings is 3. The summed E-state index contributed by atoms with van der Waals surface area (Å²) in [7, 11) is 0. The van der Waals surface area contributed by atoms with Gasteiger partial charge in [0.2, 0.25) is 11.7 Å². The molecule has 0 aliphatic carbocycles. The number of Topliss-reactive ketones (excluding diaryl/α,β-unsaturated/α-hetero) is 1.